The van der Waals surface area contributed by atoms with Crippen molar-refractivity contribution >= 4 is 10.8 Å². The van der Waals surface area contributed by atoms with Crippen LogP contribution in [0.15, 0.2) is 24.3 Å². The Morgan fingerprint density at radius 2 is 2.00 bits per heavy atom. The van der Waals surface area contributed by atoms with Crippen molar-refractivity contribution in [2.45, 2.75) is 43.4 Å². The highest BCUT2D eigenvalue weighted by atomic mass is 32.2. The lowest BCUT2D eigenvalue weighted by molar-refractivity contribution is 0.290. The van der Waals surface area contributed by atoms with Crippen molar-refractivity contribution < 1.29 is 8.60 Å². The van der Waals surface area contributed by atoms with Crippen LogP contribution in [0.4, 0.5) is 4.39 Å². The molecule has 1 aromatic rings. The fourth-order valence-electron chi connectivity index (χ4n) is 2.45. The molecule has 1 N–H and O–H groups in total. The van der Waals surface area contributed by atoms with Gasteiger partial charge in [-0.05, 0) is 49.4 Å². The molecule has 19 heavy (non-hydrogen) atoms. The molecule has 1 aliphatic rings. The predicted octanol–water partition coefficient (Wildman–Crippen LogP) is 2.82. The van der Waals surface area contributed by atoms with E-state index in [1.165, 1.54) is 17.7 Å². The van der Waals surface area contributed by atoms with E-state index in [0.717, 1.165) is 25.8 Å². The van der Waals surface area contributed by atoms with E-state index in [9.17, 15) is 8.60 Å². The SMILES string of the molecule is CC(CCNC1CC(c2ccc(F)cc2)C1)S(C)=O. The lowest BCUT2D eigenvalue weighted by Crippen LogP contribution is -2.41. The molecule has 0 heterocycles. The van der Waals surface area contributed by atoms with Gasteiger partial charge in [-0.25, -0.2) is 4.39 Å². The number of benzene rings is 1. The third kappa shape index (κ3) is 4.11. The highest BCUT2D eigenvalue weighted by molar-refractivity contribution is 7.84. The summed E-state index contributed by atoms with van der Waals surface area (Å²) in [6, 6.07) is 7.41. The molecular formula is C15H22FNOS. The number of nitrogens with one attached hydrogen (secondary N) is 1. The normalized spacial score (nSPS) is 25.6. The smallest absolute Gasteiger partial charge is 0.123 e. The summed E-state index contributed by atoms with van der Waals surface area (Å²) < 4.78 is 24.0. The average Bonchev–Trinajstić information content (AvgIpc) is 2.33. The Morgan fingerprint density at radius 1 is 1.37 bits per heavy atom. The van der Waals surface area contributed by atoms with Gasteiger partial charge in [-0.15, -0.1) is 0 Å². The first kappa shape index (κ1) is 14.7. The minimum Gasteiger partial charge on any atom is -0.314 e. The van der Waals surface area contributed by atoms with Gasteiger partial charge in [-0.3, -0.25) is 4.21 Å². The van der Waals surface area contributed by atoms with Crippen LogP contribution in [0.5, 0.6) is 0 Å². The summed E-state index contributed by atoms with van der Waals surface area (Å²) in [4.78, 5) is 0. The topological polar surface area (TPSA) is 29.1 Å². The lowest BCUT2D eigenvalue weighted by atomic mass is 9.76. The van der Waals surface area contributed by atoms with Gasteiger partial charge >= 0.3 is 0 Å². The molecule has 2 unspecified atom stereocenters. The van der Waals surface area contributed by atoms with Crippen LogP contribution in [0.25, 0.3) is 0 Å². The molecule has 4 heteroatoms. The maximum absolute atomic E-state index is 12.8. The van der Waals surface area contributed by atoms with E-state index < -0.39 is 10.8 Å². The molecule has 1 saturated carbocycles. The Morgan fingerprint density at radius 3 is 2.58 bits per heavy atom. The number of hydrogen-bond donors (Lipinski definition) is 1. The second kappa shape index (κ2) is 6.62. The molecule has 2 nitrogen and oxygen atoms in total. The standard InChI is InChI=1S/C15H22FNOS/c1-11(19(2)18)7-8-17-15-9-13(10-15)12-3-5-14(16)6-4-12/h3-6,11,13,15,17H,7-10H2,1-2H3. The van der Waals surface area contributed by atoms with Gasteiger partial charge in [0.25, 0.3) is 0 Å². The van der Waals surface area contributed by atoms with E-state index in [1.54, 1.807) is 6.26 Å². The molecule has 0 radical (unpaired) electrons. The molecule has 1 aliphatic carbocycles. The Balaban J connectivity index is 1.66. The zero-order valence-electron chi connectivity index (χ0n) is 11.6. The van der Waals surface area contributed by atoms with E-state index in [0.29, 0.717) is 12.0 Å². The van der Waals surface area contributed by atoms with Crippen LogP contribution in [0.3, 0.4) is 0 Å². The molecule has 1 aromatic carbocycles. The van der Waals surface area contributed by atoms with Crippen molar-refractivity contribution in [2.75, 3.05) is 12.8 Å². The molecule has 2 rings (SSSR count). The summed E-state index contributed by atoms with van der Waals surface area (Å²) in [7, 11) is -0.723. The minimum atomic E-state index is -0.723. The van der Waals surface area contributed by atoms with Gasteiger partial charge in [0, 0.05) is 28.3 Å². The summed E-state index contributed by atoms with van der Waals surface area (Å²) in [6.45, 7) is 2.96. The first-order valence-electron chi connectivity index (χ1n) is 6.87. The van der Waals surface area contributed by atoms with Crippen molar-refractivity contribution in [3.8, 4) is 0 Å². The van der Waals surface area contributed by atoms with Gasteiger partial charge in [0.05, 0.1) is 0 Å². The van der Waals surface area contributed by atoms with Crippen molar-refractivity contribution in [3.05, 3.63) is 35.6 Å². The zero-order valence-corrected chi connectivity index (χ0v) is 12.4. The molecule has 0 bridgehead atoms. The van der Waals surface area contributed by atoms with E-state index in [2.05, 4.69) is 5.32 Å². The number of hydrogen-bond acceptors (Lipinski definition) is 2. The fraction of sp³-hybridized carbons (Fsp3) is 0.600. The van der Waals surface area contributed by atoms with Crippen LogP contribution in [0, 0.1) is 5.82 Å². The van der Waals surface area contributed by atoms with Crippen molar-refractivity contribution in [2.24, 2.45) is 0 Å². The first-order chi connectivity index (χ1) is 9.06. The summed E-state index contributed by atoms with van der Waals surface area (Å²) in [5, 5.41) is 3.77. The predicted molar refractivity (Wildman–Crippen MR) is 78.3 cm³/mol. The summed E-state index contributed by atoms with van der Waals surface area (Å²) in [5.41, 5.74) is 1.24. The molecular weight excluding hydrogens is 261 g/mol. The van der Waals surface area contributed by atoms with E-state index in [-0.39, 0.29) is 11.1 Å². The molecule has 0 aliphatic heterocycles. The largest absolute Gasteiger partial charge is 0.314 e. The first-order valence-corrected chi connectivity index (χ1v) is 8.49. The van der Waals surface area contributed by atoms with Crippen LogP contribution in [0.2, 0.25) is 0 Å². The van der Waals surface area contributed by atoms with Gasteiger partial charge in [-0.1, -0.05) is 19.1 Å². The Labute approximate surface area is 117 Å². The molecule has 1 fully saturated rings. The van der Waals surface area contributed by atoms with Gasteiger partial charge in [-0.2, -0.15) is 0 Å². The maximum atomic E-state index is 12.8. The monoisotopic (exact) mass is 283 g/mol. The summed E-state index contributed by atoms with van der Waals surface area (Å²) >= 11 is 0. The van der Waals surface area contributed by atoms with Crippen LogP contribution in [-0.2, 0) is 10.8 Å². The fourth-order valence-corrected chi connectivity index (χ4v) is 2.90. The molecule has 0 aromatic heterocycles. The Kier molecular flexibility index (Phi) is 5.11. The van der Waals surface area contributed by atoms with E-state index in [1.807, 2.05) is 19.1 Å². The quantitative estimate of drug-likeness (QED) is 0.870. The second-order valence-electron chi connectivity index (χ2n) is 5.47. The van der Waals surface area contributed by atoms with Gasteiger partial charge in [0.15, 0.2) is 0 Å². The highest BCUT2D eigenvalue weighted by Gasteiger charge is 2.29. The molecule has 0 saturated heterocycles. The Hall–Kier alpha value is -0.740. The zero-order chi connectivity index (χ0) is 13.8. The summed E-state index contributed by atoms with van der Waals surface area (Å²) in [5.74, 6) is 0.398. The summed E-state index contributed by atoms with van der Waals surface area (Å²) in [6.07, 6.45) is 4.96. The molecule has 2 atom stereocenters. The lowest BCUT2D eigenvalue weighted by Gasteiger charge is -2.36. The molecule has 0 amide bonds. The van der Waals surface area contributed by atoms with E-state index >= 15 is 0 Å². The van der Waals surface area contributed by atoms with Crippen LogP contribution in [0.1, 0.15) is 37.7 Å². The van der Waals surface area contributed by atoms with Crippen LogP contribution < -0.4 is 5.32 Å². The van der Waals surface area contributed by atoms with Gasteiger partial charge in [0.2, 0.25) is 0 Å². The second-order valence-corrected chi connectivity index (χ2v) is 7.27. The van der Waals surface area contributed by atoms with Gasteiger partial charge in [0.1, 0.15) is 5.82 Å². The van der Waals surface area contributed by atoms with Gasteiger partial charge < -0.3 is 5.32 Å². The third-order valence-electron chi connectivity index (χ3n) is 4.03. The number of halogens is 1. The van der Waals surface area contributed by atoms with Crippen molar-refractivity contribution in [1.82, 2.24) is 5.32 Å². The number of rotatable bonds is 6. The Bertz CT molecular complexity index is 428. The third-order valence-corrected chi connectivity index (χ3v) is 5.40. The van der Waals surface area contributed by atoms with E-state index in [4.69, 9.17) is 0 Å². The van der Waals surface area contributed by atoms with Crippen molar-refractivity contribution in [3.63, 3.8) is 0 Å². The van der Waals surface area contributed by atoms with Crippen LogP contribution >= 0.6 is 0 Å². The molecule has 106 valence electrons. The maximum Gasteiger partial charge on any atom is 0.123 e. The molecule has 0 spiro atoms. The van der Waals surface area contributed by atoms with Crippen LogP contribution in [-0.4, -0.2) is 28.3 Å². The minimum absolute atomic E-state index is 0.167. The average molecular weight is 283 g/mol. The van der Waals surface area contributed by atoms with Crippen molar-refractivity contribution in [1.29, 1.82) is 0 Å². The highest BCUT2D eigenvalue weighted by Crippen LogP contribution is 2.36.